The average Bonchev–Trinajstić information content (AvgIpc) is 3.52. The third kappa shape index (κ3) is 5.29. The molecule has 0 bridgehead atoms. The number of aliphatic hydroxyl groups excluding tert-OH is 1. The highest BCUT2D eigenvalue weighted by atomic mass is 35.5. The van der Waals surface area contributed by atoms with Crippen molar-refractivity contribution in [2.24, 2.45) is 0 Å². The van der Waals surface area contributed by atoms with Crippen LogP contribution in [0.4, 0.5) is 11.5 Å². The summed E-state index contributed by atoms with van der Waals surface area (Å²) >= 11 is 12.5. The van der Waals surface area contributed by atoms with E-state index in [2.05, 4.69) is 10.3 Å². The van der Waals surface area contributed by atoms with Crippen LogP contribution in [0.15, 0.2) is 70.5 Å². The third-order valence-corrected chi connectivity index (χ3v) is 9.49. The number of rotatable bonds is 7. The molecule has 0 saturated carbocycles. The highest BCUT2D eigenvalue weighted by Gasteiger charge is 2.52. The van der Waals surface area contributed by atoms with Gasteiger partial charge in [0, 0.05) is 23.2 Å². The maximum Gasteiger partial charge on any atom is 0.325 e. The smallest absolute Gasteiger partial charge is 0.325 e. The summed E-state index contributed by atoms with van der Waals surface area (Å²) in [6.45, 7) is -3.53. The van der Waals surface area contributed by atoms with E-state index in [1.54, 1.807) is 30.3 Å². The van der Waals surface area contributed by atoms with Crippen LogP contribution in [0.1, 0.15) is 0 Å². The van der Waals surface area contributed by atoms with Crippen molar-refractivity contribution in [3.8, 4) is 11.3 Å². The minimum atomic E-state index is -3.50. The molecule has 4 N–H and O–H groups in total. The average molecular weight is 622 g/mol. The molecule has 2 aliphatic rings. The van der Waals surface area contributed by atoms with Gasteiger partial charge in [0.15, 0.2) is 12.0 Å². The number of thioether (sulfide) groups is 1. The van der Waals surface area contributed by atoms with Gasteiger partial charge in [-0.1, -0.05) is 41.9 Å². The number of imidazole rings is 1. The van der Waals surface area contributed by atoms with Crippen molar-refractivity contribution in [2.45, 2.75) is 29.4 Å². The van der Waals surface area contributed by atoms with Gasteiger partial charge < -0.3 is 34.5 Å². The van der Waals surface area contributed by atoms with Crippen molar-refractivity contribution in [3.63, 3.8) is 0 Å². The van der Waals surface area contributed by atoms with Crippen LogP contribution in [0.3, 0.4) is 0 Å². The molecule has 0 aliphatic carbocycles. The first-order valence-corrected chi connectivity index (χ1v) is 16.2. The van der Waals surface area contributed by atoms with Crippen LogP contribution in [0, 0.1) is 0 Å². The number of nitrogens with one attached hydrogen (secondary N) is 2. The maximum atomic E-state index is 13.7. The summed E-state index contributed by atoms with van der Waals surface area (Å²) in [6, 6.07) is 16.9. The molecule has 40 heavy (non-hydrogen) atoms. The van der Waals surface area contributed by atoms with E-state index < -0.39 is 31.3 Å². The Morgan fingerprint density at radius 3 is 2.75 bits per heavy atom. The lowest BCUT2D eigenvalue weighted by Crippen LogP contribution is -2.46. The number of halogens is 1. The number of aromatic nitrogens is 3. The Morgan fingerprint density at radius 1 is 1.27 bits per heavy atom. The van der Waals surface area contributed by atoms with E-state index in [0.29, 0.717) is 16.5 Å². The Morgan fingerprint density at radius 2 is 2.02 bits per heavy atom. The fourth-order valence-corrected chi connectivity index (χ4v) is 7.18. The number of hydrogen-bond donors (Lipinski definition) is 4. The number of aliphatic hydroxyl groups is 1. The van der Waals surface area contributed by atoms with Crippen LogP contribution in [0.5, 0.6) is 0 Å². The van der Waals surface area contributed by atoms with Gasteiger partial charge in [-0.15, -0.1) is 11.8 Å². The van der Waals surface area contributed by atoms with E-state index in [0.717, 1.165) is 10.5 Å². The van der Waals surface area contributed by atoms with Crippen molar-refractivity contribution in [1.82, 2.24) is 14.4 Å². The minimum Gasteiger partial charge on any atom is -0.386 e. The van der Waals surface area contributed by atoms with Crippen LogP contribution in [0.2, 0.25) is 5.02 Å². The molecule has 0 radical (unpaired) electrons. The molecule has 2 saturated heterocycles. The van der Waals surface area contributed by atoms with E-state index in [4.69, 9.17) is 42.2 Å². The molecule has 4 aromatic rings. The van der Waals surface area contributed by atoms with E-state index >= 15 is 0 Å². The van der Waals surface area contributed by atoms with E-state index in [1.807, 2.05) is 42.5 Å². The molecule has 0 amide bonds. The van der Waals surface area contributed by atoms with Crippen LogP contribution < -0.4 is 15.8 Å². The van der Waals surface area contributed by atoms with Crippen LogP contribution in [-0.4, -0.2) is 68.4 Å². The second kappa shape index (κ2) is 11.1. The number of fused-ring (bicyclic) bond motifs is 2. The summed E-state index contributed by atoms with van der Waals surface area (Å²) in [5, 5.41) is 14.9. The zero-order valence-electron chi connectivity index (χ0n) is 21.0. The summed E-state index contributed by atoms with van der Waals surface area (Å²) in [5.74, 6) is 0.817. The van der Waals surface area contributed by atoms with Gasteiger partial charge in [0.2, 0.25) is 5.78 Å². The Kier molecular flexibility index (Phi) is 7.68. The van der Waals surface area contributed by atoms with E-state index in [1.165, 1.54) is 16.2 Å². The zero-order chi connectivity index (χ0) is 28.0. The summed E-state index contributed by atoms with van der Waals surface area (Å²) < 4.78 is 18.4. The Labute approximate surface area is 243 Å². The van der Waals surface area contributed by atoms with Crippen LogP contribution in [-0.2, 0) is 25.6 Å². The Balaban J connectivity index is 1.43. The van der Waals surface area contributed by atoms with Gasteiger partial charge in [0.1, 0.15) is 24.0 Å². The van der Waals surface area contributed by atoms with Gasteiger partial charge >= 0.3 is 6.72 Å². The summed E-state index contributed by atoms with van der Waals surface area (Å²) in [4.78, 5) is 34.5. The third-order valence-electron chi connectivity index (χ3n) is 6.67. The molecule has 4 heterocycles. The number of nitrogens with zero attached hydrogens (tertiary/aromatic N) is 3. The second-order valence-corrected chi connectivity index (χ2v) is 13.4. The van der Waals surface area contributed by atoms with Gasteiger partial charge in [-0.05, 0) is 41.6 Å². The lowest BCUT2D eigenvalue weighted by Gasteiger charge is -2.32. The summed E-state index contributed by atoms with van der Waals surface area (Å²) in [7, 11) is 1.63. The number of benzene rings is 2. The number of hydrogen-bond acceptors (Lipinski definition) is 10. The van der Waals surface area contributed by atoms with E-state index in [9.17, 15) is 14.8 Å². The molecule has 0 spiro atoms. The van der Waals surface area contributed by atoms with Crippen molar-refractivity contribution in [3.05, 3.63) is 76.2 Å². The van der Waals surface area contributed by atoms with Gasteiger partial charge in [-0.2, -0.15) is 4.98 Å². The van der Waals surface area contributed by atoms with Crippen LogP contribution >= 0.6 is 30.1 Å². The summed E-state index contributed by atoms with van der Waals surface area (Å²) in [6.07, 6.45) is -2.09. The molecule has 11 nitrogen and oxygen atoms in total. The molecule has 5 atom stereocenters. The largest absolute Gasteiger partial charge is 0.386 e. The fourth-order valence-electron chi connectivity index (χ4n) is 4.73. The number of ether oxygens (including phenoxy) is 1. The van der Waals surface area contributed by atoms with E-state index in [-0.39, 0.29) is 29.5 Å². The number of aromatic amines is 1. The minimum absolute atomic E-state index is 0.0325. The molecule has 2 aromatic carbocycles. The number of H-pyrrole nitrogens is 1. The molecular formula is C25H25ClN5O6PS2. The highest BCUT2D eigenvalue weighted by Crippen LogP contribution is 2.52. The van der Waals surface area contributed by atoms with Gasteiger partial charge in [0.25, 0.3) is 5.56 Å². The van der Waals surface area contributed by atoms with Gasteiger partial charge in [-0.3, -0.25) is 9.32 Å². The van der Waals surface area contributed by atoms with Crippen molar-refractivity contribution in [2.75, 3.05) is 29.7 Å². The lowest BCUT2D eigenvalue weighted by molar-refractivity contribution is -0.0421. The van der Waals surface area contributed by atoms with Gasteiger partial charge in [-0.25, -0.2) is 4.40 Å². The first-order valence-electron chi connectivity index (χ1n) is 12.3. The maximum absolute atomic E-state index is 13.7. The Bertz CT molecular complexity index is 1640. The second-order valence-electron chi connectivity index (χ2n) is 9.18. The molecular weight excluding hydrogens is 597 g/mol. The lowest BCUT2D eigenvalue weighted by atomic mass is 10.1. The first-order chi connectivity index (χ1) is 19.2. The molecule has 5 unspecified atom stereocenters. The summed E-state index contributed by atoms with van der Waals surface area (Å²) in [5.41, 5.74) is 1.49. The molecule has 6 rings (SSSR count). The molecule has 210 valence electrons. The Hall–Kier alpha value is -2.45. The topological polar surface area (TPSA) is 134 Å². The first kappa shape index (κ1) is 27.7. The fraction of sp³-hybridized carbons (Fsp3) is 0.280. The van der Waals surface area contributed by atoms with Crippen LogP contribution in [0.25, 0.3) is 17.0 Å². The predicted octanol–water partition coefficient (Wildman–Crippen LogP) is 3.66. The SMILES string of the molecule is CNc1c(N(CSc2ccc(Cl)cc2)C2OC3COP(O)(=S)OC3C2O)nc2[nH]c(-c3ccccc3)cn2c1=O. The monoisotopic (exact) mass is 621 g/mol. The molecule has 2 fully saturated rings. The normalized spacial score (nSPS) is 26.1. The molecule has 2 aliphatic heterocycles. The molecule has 2 aromatic heterocycles. The predicted molar refractivity (Wildman–Crippen MR) is 157 cm³/mol. The quantitative estimate of drug-likeness (QED) is 0.137. The van der Waals surface area contributed by atoms with Gasteiger partial charge in [0.05, 0.1) is 18.2 Å². The van der Waals surface area contributed by atoms with Crippen molar-refractivity contribution >= 4 is 59.2 Å². The van der Waals surface area contributed by atoms with Crippen molar-refractivity contribution < 1.29 is 23.8 Å². The molecule has 15 heteroatoms. The van der Waals surface area contributed by atoms with Crippen molar-refractivity contribution in [1.29, 1.82) is 0 Å². The highest BCUT2D eigenvalue weighted by molar-refractivity contribution is 8.07. The zero-order valence-corrected chi connectivity index (χ0v) is 24.3. The number of anilines is 2. The standard InChI is InChI=1S/C25H25ClN5O6PS2/c1-27-19-22(29-25-28-17(11-30(25)23(19)33)14-5-3-2-4-6-14)31(13-40-16-9-7-15(26)8-10-16)24-20(32)21-18(36-24)12-35-38(34,39)37-21/h2-11,18,20-21,24,27,32H,12-13H2,1H3,(H,28,29)(H,34,39).